The lowest BCUT2D eigenvalue weighted by Crippen LogP contribution is -2.51. The quantitative estimate of drug-likeness (QED) is 0.797. The van der Waals surface area contributed by atoms with Gasteiger partial charge in [0.05, 0.1) is 24.1 Å². The third-order valence-corrected chi connectivity index (χ3v) is 6.52. The molecule has 21 heavy (non-hydrogen) atoms. The summed E-state index contributed by atoms with van der Waals surface area (Å²) in [5.74, 6) is 0.116. The molecular weight excluding hydrogens is 292 g/mol. The van der Waals surface area contributed by atoms with Crippen molar-refractivity contribution in [3.63, 3.8) is 0 Å². The Morgan fingerprint density at radius 2 is 1.86 bits per heavy atom. The number of ether oxygens (including phenoxy) is 1. The molecule has 124 valence electrons. The summed E-state index contributed by atoms with van der Waals surface area (Å²) in [6, 6.07) is 0. The molecule has 4 atom stereocenters. The van der Waals surface area contributed by atoms with E-state index in [0.717, 1.165) is 6.42 Å². The van der Waals surface area contributed by atoms with E-state index in [1.165, 1.54) is 10.6 Å². The van der Waals surface area contributed by atoms with Gasteiger partial charge in [0.2, 0.25) is 10.0 Å². The summed E-state index contributed by atoms with van der Waals surface area (Å²) in [7, 11) is -3.09. The molecule has 2 saturated heterocycles. The molecule has 0 bridgehead atoms. The van der Waals surface area contributed by atoms with Crippen LogP contribution >= 0.6 is 0 Å². The average molecular weight is 320 g/mol. The van der Waals surface area contributed by atoms with Crippen LogP contribution in [0.5, 0.6) is 0 Å². The molecule has 0 aromatic heterocycles. The molecule has 6 nitrogen and oxygen atoms in total. The molecule has 0 spiro atoms. The van der Waals surface area contributed by atoms with E-state index in [9.17, 15) is 13.5 Å². The van der Waals surface area contributed by atoms with Gasteiger partial charge in [0.15, 0.2) is 0 Å². The molecule has 0 aliphatic carbocycles. The van der Waals surface area contributed by atoms with Crippen LogP contribution in [0.3, 0.4) is 0 Å². The van der Waals surface area contributed by atoms with E-state index in [1.54, 1.807) is 0 Å². The summed E-state index contributed by atoms with van der Waals surface area (Å²) in [4.78, 5) is 2.18. The van der Waals surface area contributed by atoms with Gasteiger partial charge in [0, 0.05) is 38.6 Å². The van der Waals surface area contributed by atoms with Crippen molar-refractivity contribution in [1.29, 1.82) is 0 Å². The van der Waals surface area contributed by atoms with Crippen LogP contribution in [-0.4, -0.2) is 79.5 Å². The Morgan fingerprint density at radius 1 is 1.29 bits per heavy atom. The molecule has 0 aromatic rings. The number of hydrogen-bond donors (Lipinski definition) is 1. The van der Waals surface area contributed by atoms with Gasteiger partial charge in [-0.05, 0) is 13.3 Å². The van der Waals surface area contributed by atoms with Crippen LogP contribution in [-0.2, 0) is 14.8 Å². The SMILES string of the molecule is CCC1(C)OC(CN2CCN(S(C)(=O)=O)CC2)C(O)C1C. The standard InChI is InChI=1S/C14H28N2O4S/c1-5-14(3)11(2)13(17)12(20-14)10-15-6-8-16(9-7-15)21(4,18)19/h11-13,17H,5-10H2,1-4H3. The van der Waals surface area contributed by atoms with Crippen molar-refractivity contribution in [3.8, 4) is 0 Å². The second-order valence-corrected chi connectivity index (χ2v) is 8.55. The van der Waals surface area contributed by atoms with Crippen molar-refractivity contribution < 1.29 is 18.3 Å². The van der Waals surface area contributed by atoms with Gasteiger partial charge in [-0.15, -0.1) is 0 Å². The highest BCUT2D eigenvalue weighted by Crippen LogP contribution is 2.38. The zero-order valence-electron chi connectivity index (χ0n) is 13.4. The number of rotatable bonds is 4. The van der Waals surface area contributed by atoms with Gasteiger partial charge in [0.1, 0.15) is 0 Å². The van der Waals surface area contributed by atoms with Crippen molar-refractivity contribution in [2.75, 3.05) is 39.0 Å². The smallest absolute Gasteiger partial charge is 0.211 e. The fourth-order valence-corrected chi connectivity index (χ4v) is 4.08. The molecular formula is C14H28N2O4S. The van der Waals surface area contributed by atoms with E-state index < -0.39 is 16.1 Å². The molecule has 0 radical (unpaired) electrons. The summed E-state index contributed by atoms with van der Waals surface area (Å²) >= 11 is 0. The number of sulfonamides is 1. The molecule has 2 aliphatic rings. The van der Waals surface area contributed by atoms with Crippen LogP contribution < -0.4 is 0 Å². The second kappa shape index (κ2) is 6.12. The molecule has 2 rings (SSSR count). The Hall–Kier alpha value is -0.210. The fraction of sp³-hybridized carbons (Fsp3) is 1.00. The molecule has 2 fully saturated rings. The first-order chi connectivity index (χ1) is 9.67. The predicted molar refractivity (Wildman–Crippen MR) is 81.6 cm³/mol. The number of hydrogen-bond acceptors (Lipinski definition) is 5. The van der Waals surface area contributed by atoms with Crippen molar-refractivity contribution in [1.82, 2.24) is 9.21 Å². The number of aliphatic hydroxyl groups excluding tert-OH is 1. The minimum Gasteiger partial charge on any atom is -0.390 e. The molecule has 1 N–H and O–H groups in total. The van der Waals surface area contributed by atoms with Gasteiger partial charge in [-0.3, -0.25) is 4.90 Å². The van der Waals surface area contributed by atoms with Crippen molar-refractivity contribution in [2.45, 2.75) is 45.0 Å². The monoisotopic (exact) mass is 320 g/mol. The van der Waals surface area contributed by atoms with Crippen molar-refractivity contribution in [3.05, 3.63) is 0 Å². The van der Waals surface area contributed by atoms with Gasteiger partial charge in [-0.2, -0.15) is 4.31 Å². The van der Waals surface area contributed by atoms with Crippen LogP contribution in [0.4, 0.5) is 0 Å². The summed E-state index contributed by atoms with van der Waals surface area (Å²) in [5.41, 5.74) is -0.265. The summed E-state index contributed by atoms with van der Waals surface area (Å²) in [6.45, 7) is 9.26. The van der Waals surface area contributed by atoms with Crippen LogP contribution in [0.25, 0.3) is 0 Å². The Balaban J connectivity index is 1.90. The van der Waals surface area contributed by atoms with E-state index in [4.69, 9.17) is 4.74 Å². The highest BCUT2D eigenvalue weighted by molar-refractivity contribution is 7.88. The van der Waals surface area contributed by atoms with Crippen LogP contribution in [0.15, 0.2) is 0 Å². The predicted octanol–water partition coefficient (Wildman–Crippen LogP) is 0.128. The molecule has 0 saturated carbocycles. The van der Waals surface area contributed by atoms with Gasteiger partial charge in [-0.25, -0.2) is 8.42 Å². The van der Waals surface area contributed by atoms with Gasteiger partial charge in [0.25, 0.3) is 0 Å². The summed E-state index contributed by atoms with van der Waals surface area (Å²) < 4.78 is 30.6. The number of piperazine rings is 1. The van der Waals surface area contributed by atoms with Gasteiger partial charge >= 0.3 is 0 Å². The topological polar surface area (TPSA) is 70.1 Å². The lowest BCUT2D eigenvalue weighted by molar-refractivity contribution is -0.0636. The third kappa shape index (κ3) is 3.59. The Labute approximate surface area is 128 Å². The van der Waals surface area contributed by atoms with Gasteiger partial charge < -0.3 is 9.84 Å². The summed E-state index contributed by atoms with van der Waals surface area (Å²) in [6.07, 6.45) is 1.49. The van der Waals surface area contributed by atoms with E-state index in [0.29, 0.717) is 32.7 Å². The maximum absolute atomic E-state index is 11.5. The van der Waals surface area contributed by atoms with Crippen LogP contribution in [0, 0.1) is 5.92 Å². The minimum absolute atomic E-state index is 0.116. The molecule has 0 amide bonds. The summed E-state index contributed by atoms with van der Waals surface area (Å²) in [5, 5.41) is 10.4. The third-order valence-electron chi connectivity index (χ3n) is 5.22. The maximum Gasteiger partial charge on any atom is 0.211 e. The lowest BCUT2D eigenvalue weighted by Gasteiger charge is -2.35. The van der Waals surface area contributed by atoms with Crippen molar-refractivity contribution >= 4 is 10.0 Å². The normalized spacial score (nSPS) is 39.8. The minimum atomic E-state index is -3.09. The molecule has 7 heteroatoms. The highest BCUT2D eigenvalue weighted by Gasteiger charge is 2.48. The highest BCUT2D eigenvalue weighted by atomic mass is 32.2. The Bertz CT molecular complexity index is 462. The second-order valence-electron chi connectivity index (χ2n) is 6.56. The number of nitrogens with zero attached hydrogens (tertiary/aromatic N) is 2. The molecule has 0 aromatic carbocycles. The van der Waals surface area contributed by atoms with Crippen molar-refractivity contribution in [2.24, 2.45) is 5.92 Å². The zero-order chi connectivity index (χ0) is 15.8. The van der Waals surface area contributed by atoms with Gasteiger partial charge in [-0.1, -0.05) is 13.8 Å². The zero-order valence-corrected chi connectivity index (χ0v) is 14.3. The fourth-order valence-electron chi connectivity index (χ4n) is 3.25. The lowest BCUT2D eigenvalue weighted by atomic mass is 9.86. The molecule has 4 unspecified atom stereocenters. The van der Waals surface area contributed by atoms with E-state index >= 15 is 0 Å². The average Bonchev–Trinajstić information content (AvgIpc) is 2.64. The maximum atomic E-state index is 11.5. The first-order valence-electron chi connectivity index (χ1n) is 7.70. The van der Waals surface area contributed by atoms with E-state index in [2.05, 4.69) is 18.7 Å². The largest absolute Gasteiger partial charge is 0.390 e. The Kier molecular flexibility index (Phi) is 5.00. The first kappa shape index (κ1) is 17.1. The number of aliphatic hydroxyl groups is 1. The first-order valence-corrected chi connectivity index (χ1v) is 9.55. The van der Waals surface area contributed by atoms with Crippen LogP contribution in [0.1, 0.15) is 27.2 Å². The van der Waals surface area contributed by atoms with E-state index in [-0.39, 0.29) is 17.6 Å². The Morgan fingerprint density at radius 3 is 2.29 bits per heavy atom. The molecule has 2 aliphatic heterocycles. The molecule has 2 heterocycles. The van der Waals surface area contributed by atoms with Crippen LogP contribution in [0.2, 0.25) is 0 Å². The van der Waals surface area contributed by atoms with E-state index in [1.807, 2.05) is 6.92 Å².